The number of likely N-dealkylation sites (tertiary alicyclic amines) is 1. The van der Waals surface area contributed by atoms with Gasteiger partial charge in [-0.1, -0.05) is 30.7 Å². The summed E-state index contributed by atoms with van der Waals surface area (Å²) in [5, 5.41) is 20.8. The van der Waals surface area contributed by atoms with Gasteiger partial charge in [-0.05, 0) is 48.4 Å². The lowest BCUT2D eigenvalue weighted by Gasteiger charge is -2.24. The molecule has 3 rings (SSSR count). The third-order valence-corrected chi connectivity index (χ3v) is 4.58. The molecule has 0 bridgehead atoms. The van der Waals surface area contributed by atoms with Crippen LogP contribution in [0.2, 0.25) is 5.02 Å². The van der Waals surface area contributed by atoms with Crippen LogP contribution in [0, 0.1) is 0 Å². The molecule has 0 aromatic heterocycles. The van der Waals surface area contributed by atoms with Crippen LogP contribution in [-0.4, -0.2) is 33.3 Å². The first-order chi connectivity index (χ1) is 12.4. The van der Waals surface area contributed by atoms with Crippen LogP contribution in [0.15, 0.2) is 54.1 Å². The Bertz CT molecular complexity index is 872. The van der Waals surface area contributed by atoms with Crippen LogP contribution >= 0.6 is 11.6 Å². The largest absolute Gasteiger partial charge is 0.508 e. The van der Waals surface area contributed by atoms with E-state index in [1.807, 2.05) is 6.92 Å². The number of hydrogen-bond acceptors (Lipinski definition) is 4. The van der Waals surface area contributed by atoms with Crippen molar-refractivity contribution in [1.82, 2.24) is 4.90 Å². The van der Waals surface area contributed by atoms with Crippen molar-refractivity contribution in [2.75, 3.05) is 6.54 Å². The topological polar surface area (TPSA) is 77.8 Å². The van der Waals surface area contributed by atoms with E-state index in [1.165, 1.54) is 17.0 Å². The van der Waals surface area contributed by atoms with Crippen molar-refractivity contribution in [3.05, 3.63) is 70.3 Å². The van der Waals surface area contributed by atoms with Crippen molar-refractivity contribution in [3.8, 4) is 5.75 Å². The summed E-state index contributed by atoms with van der Waals surface area (Å²) in [5.41, 5.74) is 1.09. The highest BCUT2D eigenvalue weighted by molar-refractivity contribution is 6.46. The summed E-state index contributed by atoms with van der Waals surface area (Å²) < 4.78 is 0. The summed E-state index contributed by atoms with van der Waals surface area (Å²) in [5.74, 6) is -1.51. The molecule has 1 fully saturated rings. The number of aromatic hydroxyl groups is 1. The average molecular weight is 372 g/mol. The number of phenols is 1. The molecule has 26 heavy (non-hydrogen) atoms. The number of nitrogens with zero attached hydrogens (tertiary/aromatic N) is 1. The van der Waals surface area contributed by atoms with Crippen LogP contribution < -0.4 is 0 Å². The number of amides is 1. The number of rotatable bonds is 4. The van der Waals surface area contributed by atoms with Gasteiger partial charge in [0.25, 0.3) is 11.7 Å². The molecule has 5 nitrogen and oxygen atoms in total. The Kier molecular flexibility index (Phi) is 5.00. The van der Waals surface area contributed by atoms with Gasteiger partial charge in [-0.25, -0.2) is 0 Å². The number of carbonyl (C=O) groups excluding carboxylic acids is 2. The molecule has 0 saturated carbocycles. The maximum absolute atomic E-state index is 12.6. The van der Waals surface area contributed by atoms with E-state index in [-0.39, 0.29) is 17.1 Å². The summed E-state index contributed by atoms with van der Waals surface area (Å²) >= 11 is 5.88. The molecule has 1 unspecified atom stereocenters. The molecule has 0 radical (unpaired) electrons. The van der Waals surface area contributed by atoms with Crippen molar-refractivity contribution in [1.29, 1.82) is 0 Å². The van der Waals surface area contributed by atoms with E-state index in [0.717, 1.165) is 0 Å². The van der Waals surface area contributed by atoms with E-state index < -0.39 is 17.7 Å². The van der Waals surface area contributed by atoms with Gasteiger partial charge in [-0.3, -0.25) is 9.59 Å². The van der Waals surface area contributed by atoms with Gasteiger partial charge in [0.2, 0.25) is 0 Å². The minimum atomic E-state index is -0.719. The average Bonchev–Trinajstić information content (AvgIpc) is 2.88. The lowest BCUT2D eigenvalue weighted by atomic mass is 9.95. The highest BCUT2D eigenvalue weighted by Crippen LogP contribution is 2.39. The summed E-state index contributed by atoms with van der Waals surface area (Å²) in [4.78, 5) is 26.6. The SMILES string of the molecule is CCCN1C(=O)C(=O)/C(=C(\O)c2ccc(Cl)cc2)C1c1ccc(O)cc1. The predicted octanol–water partition coefficient (Wildman–Crippen LogP) is 3.88. The van der Waals surface area contributed by atoms with Crippen LogP contribution in [0.1, 0.15) is 30.5 Å². The number of benzene rings is 2. The molecule has 2 N–H and O–H groups in total. The molecule has 1 heterocycles. The minimum absolute atomic E-state index is 0.0384. The van der Waals surface area contributed by atoms with E-state index in [9.17, 15) is 19.8 Å². The fourth-order valence-electron chi connectivity index (χ4n) is 3.12. The van der Waals surface area contributed by atoms with Gasteiger partial charge in [0, 0.05) is 17.1 Å². The third-order valence-electron chi connectivity index (χ3n) is 4.33. The number of halogens is 1. The predicted molar refractivity (Wildman–Crippen MR) is 98.9 cm³/mol. The molecule has 2 aromatic carbocycles. The van der Waals surface area contributed by atoms with Crippen LogP contribution in [0.5, 0.6) is 5.75 Å². The lowest BCUT2D eigenvalue weighted by molar-refractivity contribution is -0.139. The third kappa shape index (κ3) is 3.18. The summed E-state index contributed by atoms with van der Waals surface area (Å²) in [6.45, 7) is 2.29. The van der Waals surface area contributed by atoms with E-state index in [0.29, 0.717) is 29.1 Å². The molecular formula is C20H18ClNO4. The van der Waals surface area contributed by atoms with Gasteiger partial charge in [0.1, 0.15) is 11.5 Å². The maximum Gasteiger partial charge on any atom is 0.295 e. The highest BCUT2D eigenvalue weighted by atomic mass is 35.5. The molecule has 1 aliphatic heterocycles. The molecular weight excluding hydrogens is 354 g/mol. The zero-order chi connectivity index (χ0) is 18.8. The number of phenolic OH excluding ortho intramolecular Hbond substituents is 1. The number of aliphatic hydroxyl groups is 1. The van der Waals surface area contributed by atoms with Crippen molar-refractivity contribution < 1.29 is 19.8 Å². The van der Waals surface area contributed by atoms with Gasteiger partial charge >= 0.3 is 0 Å². The van der Waals surface area contributed by atoms with Gasteiger partial charge in [-0.2, -0.15) is 0 Å². The van der Waals surface area contributed by atoms with Crippen molar-refractivity contribution in [2.24, 2.45) is 0 Å². The fraction of sp³-hybridized carbons (Fsp3) is 0.200. The van der Waals surface area contributed by atoms with Gasteiger partial charge < -0.3 is 15.1 Å². The van der Waals surface area contributed by atoms with Crippen molar-refractivity contribution in [2.45, 2.75) is 19.4 Å². The second kappa shape index (κ2) is 7.22. The first kappa shape index (κ1) is 18.0. The lowest BCUT2D eigenvalue weighted by Crippen LogP contribution is -2.30. The van der Waals surface area contributed by atoms with Crippen molar-refractivity contribution in [3.63, 3.8) is 0 Å². The minimum Gasteiger partial charge on any atom is -0.508 e. The zero-order valence-electron chi connectivity index (χ0n) is 14.1. The second-order valence-corrected chi connectivity index (χ2v) is 6.53. The quantitative estimate of drug-likeness (QED) is 0.485. The van der Waals surface area contributed by atoms with Gasteiger partial charge in [-0.15, -0.1) is 0 Å². The Balaban J connectivity index is 2.17. The molecule has 1 amide bonds. The second-order valence-electron chi connectivity index (χ2n) is 6.09. The summed E-state index contributed by atoms with van der Waals surface area (Å²) in [6.07, 6.45) is 0.669. The van der Waals surface area contributed by atoms with E-state index >= 15 is 0 Å². The summed E-state index contributed by atoms with van der Waals surface area (Å²) in [6, 6.07) is 12.0. The zero-order valence-corrected chi connectivity index (χ0v) is 14.9. The van der Waals surface area contributed by atoms with E-state index in [2.05, 4.69) is 0 Å². The van der Waals surface area contributed by atoms with Gasteiger partial charge in [0.05, 0.1) is 11.6 Å². The highest BCUT2D eigenvalue weighted by Gasteiger charge is 2.45. The molecule has 6 heteroatoms. The van der Waals surface area contributed by atoms with E-state index in [4.69, 9.17) is 11.6 Å². The maximum atomic E-state index is 12.6. The molecule has 2 aromatic rings. The fourth-order valence-corrected chi connectivity index (χ4v) is 3.24. The van der Waals surface area contributed by atoms with Crippen molar-refractivity contribution >= 4 is 29.1 Å². The Morgan fingerprint density at radius 2 is 1.69 bits per heavy atom. The Morgan fingerprint density at radius 1 is 1.08 bits per heavy atom. The van der Waals surface area contributed by atoms with Crippen LogP contribution in [0.4, 0.5) is 0 Å². The van der Waals surface area contributed by atoms with E-state index in [1.54, 1.807) is 36.4 Å². The van der Waals surface area contributed by atoms with Gasteiger partial charge in [0.15, 0.2) is 0 Å². The number of aliphatic hydroxyl groups excluding tert-OH is 1. The number of Topliss-reactive ketones (excluding diaryl/α,β-unsaturated/α-hetero) is 1. The summed E-state index contributed by atoms with van der Waals surface area (Å²) in [7, 11) is 0. The molecule has 1 atom stereocenters. The Labute approximate surface area is 156 Å². The molecule has 1 aliphatic rings. The standard InChI is InChI=1S/C20H18ClNO4/c1-2-11-22-17(12-5-9-15(23)10-6-12)16(19(25)20(22)26)18(24)13-3-7-14(21)8-4-13/h3-10,17,23-24H,2,11H2,1H3/b18-16-. The van der Waals surface area contributed by atoms with Crippen LogP contribution in [0.3, 0.4) is 0 Å². The first-order valence-electron chi connectivity index (χ1n) is 8.27. The normalized spacial score (nSPS) is 19.2. The number of hydrogen-bond donors (Lipinski definition) is 2. The Hall–Kier alpha value is -2.79. The smallest absolute Gasteiger partial charge is 0.295 e. The number of carbonyl (C=O) groups is 2. The monoisotopic (exact) mass is 371 g/mol. The molecule has 134 valence electrons. The van der Waals surface area contributed by atoms with Crippen LogP contribution in [0.25, 0.3) is 5.76 Å². The number of ketones is 1. The first-order valence-corrected chi connectivity index (χ1v) is 8.65. The molecule has 0 spiro atoms. The molecule has 1 saturated heterocycles. The molecule has 0 aliphatic carbocycles. The Morgan fingerprint density at radius 3 is 2.27 bits per heavy atom. The van der Waals surface area contributed by atoms with Crippen LogP contribution in [-0.2, 0) is 9.59 Å².